The number of pyridine rings is 1. The van der Waals surface area contributed by atoms with Gasteiger partial charge in [0.2, 0.25) is 0 Å². The van der Waals surface area contributed by atoms with Crippen molar-refractivity contribution in [3.8, 4) is 0 Å². The zero-order chi connectivity index (χ0) is 20.3. The fourth-order valence-electron chi connectivity index (χ4n) is 3.11. The van der Waals surface area contributed by atoms with Gasteiger partial charge in [-0.05, 0) is 45.9 Å². The van der Waals surface area contributed by atoms with Crippen LogP contribution in [-0.2, 0) is 9.47 Å². The lowest BCUT2D eigenvalue weighted by molar-refractivity contribution is 0.0240. The van der Waals surface area contributed by atoms with E-state index in [2.05, 4.69) is 9.88 Å². The van der Waals surface area contributed by atoms with Gasteiger partial charge in [-0.1, -0.05) is 6.07 Å². The largest absolute Gasteiger partial charge is 0.462 e. The van der Waals surface area contributed by atoms with Crippen LogP contribution in [0.2, 0.25) is 0 Å². The molecule has 1 aliphatic rings. The minimum Gasteiger partial charge on any atom is -0.462 e. The van der Waals surface area contributed by atoms with Crippen molar-refractivity contribution in [3.63, 3.8) is 0 Å². The van der Waals surface area contributed by atoms with Gasteiger partial charge < -0.3 is 19.3 Å². The summed E-state index contributed by atoms with van der Waals surface area (Å²) in [4.78, 5) is 32.4. The fourth-order valence-corrected chi connectivity index (χ4v) is 3.11. The molecular formula is C21H27N3O4. The first-order chi connectivity index (χ1) is 13.3. The predicted octanol–water partition coefficient (Wildman–Crippen LogP) is 3.47. The Balaban J connectivity index is 1.67. The van der Waals surface area contributed by atoms with E-state index in [9.17, 15) is 9.59 Å². The first-order valence-electron chi connectivity index (χ1n) is 9.56. The van der Waals surface area contributed by atoms with E-state index >= 15 is 0 Å². The molecule has 28 heavy (non-hydrogen) atoms. The molecule has 3 rings (SSSR count). The number of rotatable bonds is 3. The number of esters is 1. The molecule has 0 unspecified atom stereocenters. The van der Waals surface area contributed by atoms with Gasteiger partial charge in [-0.3, -0.25) is 4.98 Å². The van der Waals surface area contributed by atoms with Gasteiger partial charge in [-0.2, -0.15) is 0 Å². The molecular weight excluding hydrogens is 358 g/mol. The lowest BCUT2D eigenvalue weighted by Crippen LogP contribution is -2.50. The number of piperazine rings is 1. The summed E-state index contributed by atoms with van der Waals surface area (Å²) < 4.78 is 10.5. The highest BCUT2D eigenvalue weighted by molar-refractivity contribution is 5.94. The van der Waals surface area contributed by atoms with Crippen molar-refractivity contribution >= 4 is 28.7 Å². The van der Waals surface area contributed by atoms with Crippen LogP contribution in [0.15, 0.2) is 30.5 Å². The number of ether oxygens (including phenoxy) is 2. The molecule has 2 aromatic rings. The fraction of sp³-hybridized carbons (Fsp3) is 0.476. The topological polar surface area (TPSA) is 72.0 Å². The van der Waals surface area contributed by atoms with Crippen LogP contribution in [0.25, 0.3) is 10.9 Å². The van der Waals surface area contributed by atoms with E-state index in [4.69, 9.17) is 9.47 Å². The Morgan fingerprint density at radius 3 is 2.46 bits per heavy atom. The number of nitrogens with zero attached hydrogens (tertiary/aromatic N) is 3. The zero-order valence-electron chi connectivity index (χ0n) is 16.9. The van der Waals surface area contributed by atoms with Gasteiger partial charge in [0.25, 0.3) is 0 Å². The van der Waals surface area contributed by atoms with E-state index in [1.807, 2.05) is 39.0 Å². The molecule has 2 heterocycles. The molecule has 0 bridgehead atoms. The Hall–Kier alpha value is -2.83. The van der Waals surface area contributed by atoms with Crippen molar-refractivity contribution in [1.29, 1.82) is 0 Å². The Kier molecular flexibility index (Phi) is 5.72. The minimum atomic E-state index is -0.485. The van der Waals surface area contributed by atoms with Gasteiger partial charge in [-0.15, -0.1) is 0 Å². The number of benzene rings is 1. The van der Waals surface area contributed by atoms with Crippen LogP contribution in [0.4, 0.5) is 10.5 Å². The van der Waals surface area contributed by atoms with Crippen LogP contribution in [0.3, 0.4) is 0 Å². The standard InChI is InChI=1S/C21H27N3O4/c1-5-27-19(25)16-12-15-6-7-17(13-18(15)22-14-16)23-8-10-24(11-9-23)20(26)28-21(2,3)4/h6-7,12-14H,5,8-11H2,1-4H3. The van der Waals surface area contributed by atoms with Crippen LogP contribution in [0.5, 0.6) is 0 Å². The summed E-state index contributed by atoms with van der Waals surface area (Å²) in [5.74, 6) is -0.362. The minimum absolute atomic E-state index is 0.265. The normalized spacial score (nSPS) is 14.9. The van der Waals surface area contributed by atoms with E-state index in [0.717, 1.165) is 29.7 Å². The zero-order valence-corrected chi connectivity index (χ0v) is 16.9. The Morgan fingerprint density at radius 1 is 1.11 bits per heavy atom. The molecule has 7 heteroatoms. The summed E-state index contributed by atoms with van der Waals surface area (Å²) in [6, 6.07) is 7.78. The van der Waals surface area contributed by atoms with Gasteiger partial charge in [0.1, 0.15) is 5.60 Å². The Morgan fingerprint density at radius 2 is 1.82 bits per heavy atom. The van der Waals surface area contributed by atoms with E-state index in [1.54, 1.807) is 24.1 Å². The van der Waals surface area contributed by atoms with Crippen molar-refractivity contribution in [1.82, 2.24) is 9.88 Å². The highest BCUT2D eigenvalue weighted by Gasteiger charge is 2.26. The quantitative estimate of drug-likeness (QED) is 0.754. The van der Waals surface area contributed by atoms with Crippen molar-refractivity contribution < 1.29 is 19.1 Å². The lowest BCUT2D eigenvalue weighted by Gasteiger charge is -2.36. The van der Waals surface area contributed by atoms with E-state index < -0.39 is 5.60 Å². The highest BCUT2D eigenvalue weighted by atomic mass is 16.6. The maximum atomic E-state index is 12.2. The first-order valence-corrected chi connectivity index (χ1v) is 9.56. The Bertz CT molecular complexity index is 868. The van der Waals surface area contributed by atoms with Gasteiger partial charge in [-0.25, -0.2) is 9.59 Å². The molecule has 0 aliphatic carbocycles. The monoisotopic (exact) mass is 385 g/mol. The van der Waals surface area contributed by atoms with E-state index in [0.29, 0.717) is 25.3 Å². The average Bonchev–Trinajstić information content (AvgIpc) is 2.66. The van der Waals surface area contributed by atoms with Crippen LogP contribution < -0.4 is 4.90 Å². The second kappa shape index (κ2) is 8.04. The molecule has 0 N–H and O–H groups in total. The number of amides is 1. The number of carbonyl (C=O) groups is 2. The first kappa shape index (κ1) is 19.9. The van der Waals surface area contributed by atoms with Gasteiger partial charge >= 0.3 is 12.1 Å². The molecule has 1 fully saturated rings. The third-order valence-electron chi connectivity index (χ3n) is 4.48. The summed E-state index contributed by atoms with van der Waals surface area (Å²) in [6.07, 6.45) is 1.28. The molecule has 0 spiro atoms. The second-order valence-electron chi connectivity index (χ2n) is 7.78. The van der Waals surface area contributed by atoms with Crippen LogP contribution >= 0.6 is 0 Å². The summed E-state index contributed by atoms with van der Waals surface area (Å²) in [5, 5.41) is 0.890. The third-order valence-corrected chi connectivity index (χ3v) is 4.48. The molecule has 0 radical (unpaired) electrons. The molecule has 0 saturated carbocycles. The molecule has 1 aromatic carbocycles. The maximum absolute atomic E-state index is 12.2. The lowest BCUT2D eigenvalue weighted by atomic mass is 10.1. The SMILES string of the molecule is CCOC(=O)c1cnc2cc(N3CCN(C(=O)OC(C)(C)C)CC3)ccc2c1. The second-order valence-corrected chi connectivity index (χ2v) is 7.78. The Labute approximate surface area is 165 Å². The summed E-state index contributed by atoms with van der Waals surface area (Å²) >= 11 is 0. The van der Waals surface area contributed by atoms with Crippen molar-refractivity contribution in [2.24, 2.45) is 0 Å². The third kappa shape index (κ3) is 4.71. The highest BCUT2D eigenvalue weighted by Crippen LogP contribution is 2.23. The van der Waals surface area contributed by atoms with Crippen LogP contribution in [0, 0.1) is 0 Å². The van der Waals surface area contributed by atoms with Crippen LogP contribution in [-0.4, -0.2) is 60.3 Å². The van der Waals surface area contributed by atoms with Crippen LogP contribution in [0.1, 0.15) is 38.1 Å². The molecule has 1 saturated heterocycles. The number of aromatic nitrogens is 1. The van der Waals surface area contributed by atoms with Gasteiger partial charge in [0.15, 0.2) is 0 Å². The average molecular weight is 385 g/mol. The van der Waals surface area contributed by atoms with Crippen molar-refractivity contribution in [2.75, 3.05) is 37.7 Å². The smallest absolute Gasteiger partial charge is 0.410 e. The van der Waals surface area contributed by atoms with E-state index in [-0.39, 0.29) is 12.1 Å². The van der Waals surface area contributed by atoms with Crippen molar-refractivity contribution in [3.05, 3.63) is 36.0 Å². The molecule has 150 valence electrons. The number of carbonyl (C=O) groups excluding carboxylic acids is 2. The summed E-state index contributed by atoms with van der Waals surface area (Å²) in [6.45, 7) is 10.4. The van der Waals surface area contributed by atoms with Gasteiger partial charge in [0, 0.05) is 43.4 Å². The number of hydrogen-bond acceptors (Lipinski definition) is 6. The molecule has 1 amide bonds. The van der Waals surface area contributed by atoms with Crippen molar-refractivity contribution in [2.45, 2.75) is 33.3 Å². The maximum Gasteiger partial charge on any atom is 0.410 e. The number of fused-ring (bicyclic) bond motifs is 1. The molecule has 1 aliphatic heterocycles. The molecule has 0 atom stereocenters. The number of anilines is 1. The predicted molar refractivity (Wildman–Crippen MR) is 108 cm³/mol. The van der Waals surface area contributed by atoms with E-state index in [1.165, 1.54) is 0 Å². The summed E-state index contributed by atoms with van der Waals surface area (Å²) in [7, 11) is 0. The number of hydrogen-bond donors (Lipinski definition) is 0. The molecule has 7 nitrogen and oxygen atoms in total. The molecule has 1 aromatic heterocycles. The summed E-state index contributed by atoms with van der Waals surface area (Å²) in [5.41, 5.74) is 1.83. The van der Waals surface area contributed by atoms with Gasteiger partial charge in [0.05, 0.1) is 17.7 Å².